The molecule has 3 aromatic rings. The molecular weight excluding hydrogens is 470 g/mol. The number of carbonyl (C=O) groups is 2. The van der Waals surface area contributed by atoms with Crippen LogP contribution in [-0.4, -0.2) is 33.4 Å². The van der Waals surface area contributed by atoms with Gasteiger partial charge in [-0.1, -0.05) is 18.2 Å². The molecule has 2 heterocycles. The highest BCUT2D eigenvalue weighted by Gasteiger charge is 2.29. The molecule has 0 atom stereocenters. The number of aryl methyl sites for hydroxylation is 2. The van der Waals surface area contributed by atoms with E-state index in [2.05, 4.69) is 5.32 Å². The fourth-order valence-corrected chi connectivity index (χ4v) is 5.41. The Labute approximate surface area is 203 Å². The monoisotopic (exact) mass is 493 g/mol. The van der Waals surface area contributed by atoms with Crippen molar-refractivity contribution in [1.29, 1.82) is 5.26 Å². The Morgan fingerprint density at radius 2 is 1.86 bits per heavy atom. The van der Waals surface area contributed by atoms with Crippen molar-refractivity contribution in [3.8, 4) is 6.07 Å². The number of furan rings is 1. The number of nitrogens with zero attached hydrogens (tertiary/aromatic N) is 2. The summed E-state index contributed by atoms with van der Waals surface area (Å²) in [4.78, 5) is 24.6. The van der Waals surface area contributed by atoms with Gasteiger partial charge in [-0.3, -0.25) is 14.4 Å². The number of hydrogen-bond acceptors (Lipinski definition) is 7. The molecule has 2 aromatic carbocycles. The molecule has 0 radical (unpaired) electrons. The highest BCUT2D eigenvalue weighted by Crippen LogP contribution is 2.32. The smallest absolute Gasteiger partial charge is 0.338 e. The van der Waals surface area contributed by atoms with Crippen LogP contribution >= 0.6 is 0 Å². The molecule has 1 aromatic heterocycles. The maximum atomic E-state index is 13.2. The lowest BCUT2D eigenvalue weighted by Crippen LogP contribution is -2.35. The van der Waals surface area contributed by atoms with Gasteiger partial charge in [0.2, 0.25) is 5.88 Å². The van der Waals surface area contributed by atoms with Crippen LogP contribution in [0.25, 0.3) is 0 Å². The second kappa shape index (κ2) is 9.64. The largest absolute Gasteiger partial charge is 0.452 e. The SMILES string of the molecule is Cc1oc(NC(=O)COC(=O)c2ccc(S(=O)(=O)N3CCCc4ccccc43)cc2)c(C#N)c1C. The standard InChI is InChI=1S/C25H23N3O6S/c1-16-17(2)34-24(21(16)14-26)27-23(29)15-33-25(30)19-9-11-20(12-10-19)35(31,32)28-13-5-7-18-6-3-4-8-22(18)28/h3-4,6,8-12H,5,7,13,15H2,1-2H3,(H,27,29). The molecule has 4 rings (SSSR count). The Hall–Kier alpha value is -4.10. The lowest BCUT2D eigenvalue weighted by atomic mass is 10.0. The molecule has 0 bridgehead atoms. The third kappa shape index (κ3) is 4.76. The number of hydrogen-bond donors (Lipinski definition) is 1. The molecule has 180 valence electrons. The average Bonchev–Trinajstić information content (AvgIpc) is 3.13. The summed E-state index contributed by atoms with van der Waals surface area (Å²) in [5, 5.41) is 11.6. The Kier molecular flexibility index (Phi) is 6.62. The predicted octanol–water partition coefficient (Wildman–Crippen LogP) is 3.71. The molecule has 0 aliphatic carbocycles. The van der Waals surface area contributed by atoms with E-state index in [-0.39, 0.29) is 21.9 Å². The highest BCUT2D eigenvalue weighted by molar-refractivity contribution is 7.92. The van der Waals surface area contributed by atoms with Crippen LogP contribution in [0.15, 0.2) is 57.8 Å². The van der Waals surface area contributed by atoms with Crippen molar-refractivity contribution >= 4 is 33.5 Å². The number of ether oxygens (including phenoxy) is 1. The van der Waals surface area contributed by atoms with Crippen molar-refractivity contribution in [3.63, 3.8) is 0 Å². The third-order valence-electron chi connectivity index (χ3n) is 5.83. The third-order valence-corrected chi connectivity index (χ3v) is 7.66. The molecule has 0 spiro atoms. The number of sulfonamides is 1. The summed E-state index contributed by atoms with van der Waals surface area (Å²) in [6.07, 6.45) is 1.53. The van der Waals surface area contributed by atoms with Gasteiger partial charge in [0.25, 0.3) is 15.9 Å². The first kappa shape index (κ1) is 24.0. The van der Waals surface area contributed by atoms with Gasteiger partial charge in [-0.25, -0.2) is 13.2 Å². The van der Waals surface area contributed by atoms with Crippen molar-refractivity contribution in [2.75, 3.05) is 22.8 Å². The number of amides is 1. The van der Waals surface area contributed by atoms with E-state index in [9.17, 15) is 23.3 Å². The van der Waals surface area contributed by atoms with Crippen molar-refractivity contribution in [1.82, 2.24) is 0 Å². The van der Waals surface area contributed by atoms with Gasteiger partial charge in [-0.15, -0.1) is 0 Å². The zero-order valence-electron chi connectivity index (χ0n) is 19.2. The fourth-order valence-electron chi connectivity index (χ4n) is 3.87. The summed E-state index contributed by atoms with van der Waals surface area (Å²) < 4.78 is 38.2. The minimum atomic E-state index is -3.81. The number of nitrogens with one attached hydrogen (secondary N) is 1. The van der Waals surface area contributed by atoms with Crippen molar-refractivity contribution in [2.24, 2.45) is 0 Å². The molecule has 0 fully saturated rings. The Morgan fingerprint density at radius 3 is 2.57 bits per heavy atom. The van der Waals surface area contributed by atoms with E-state index in [1.807, 2.05) is 18.2 Å². The zero-order chi connectivity index (χ0) is 25.2. The molecule has 1 aliphatic rings. The lowest BCUT2D eigenvalue weighted by Gasteiger charge is -2.30. The van der Waals surface area contributed by atoms with Crippen LogP contribution in [0.5, 0.6) is 0 Å². The van der Waals surface area contributed by atoms with Crippen molar-refractivity contribution in [3.05, 3.63) is 76.5 Å². The predicted molar refractivity (Wildman–Crippen MR) is 128 cm³/mol. The van der Waals surface area contributed by atoms with E-state index in [0.29, 0.717) is 23.6 Å². The number of nitriles is 1. The summed E-state index contributed by atoms with van der Waals surface area (Å²) in [5.41, 5.74) is 2.55. The van der Waals surface area contributed by atoms with Gasteiger partial charge in [0.05, 0.1) is 16.1 Å². The number of carbonyl (C=O) groups excluding carboxylic acids is 2. The van der Waals surface area contributed by atoms with Crippen molar-refractivity contribution < 1.29 is 27.2 Å². The average molecular weight is 494 g/mol. The summed E-state index contributed by atoms with van der Waals surface area (Å²) in [6.45, 7) is 3.13. The van der Waals surface area contributed by atoms with Gasteiger partial charge >= 0.3 is 5.97 Å². The number of anilines is 2. The van der Waals surface area contributed by atoms with Crippen LogP contribution in [0.2, 0.25) is 0 Å². The maximum absolute atomic E-state index is 13.2. The molecule has 35 heavy (non-hydrogen) atoms. The van der Waals surface area contributed by atoms with Gasteiger partial charge in [0.15, 0.2) is 6.61 Å². The Morgan fingerprint density at radius 1 is 1.14 bits per heavy atom. The second-order valence-electron chi connectivity index (χ2n) is 8.06. The fraction of sp³-hybridized carbons (Fsp3) is 0.240. The van der Waals surface area contributed by atoms with Gasteiger partial charge in [-0.2, -0.15) is 5.26 Å². The van der Waals surface area contributed by atoms with E-state index in [0.717, 1.165) is 18.4 Å². The molecule has 0 saturated carbocycles. The summed E-state index contributed by atoms with van der Waals surface area (Å²) in [6, 6.07) is 14.7. The van der Waals surface area contributed by atoms with Crippen LogP contribution in [0.4, 0.5) is 11.6 Å². The Balaban J connectivity index is 1.41. The molecule has 1 amide bonds. The summed E-state index contributed by atoms with van der Waals surface area (Å²) in [7, 11) is -3.81. The molecule has 10 heteroatoms. The normalized spacial score (nSPS) is 13.0. The van der Waals surface area contributed by atoms with Crippen molar-refractivity contribution in [2.45, 2.75) is 31.6 Å². The van der Waals surface area contributed by atoms with Gasteiger partial charge in [-0.05, 0) is 62.6 Å². The number of para-hydroxylation sites is 1. The second-order valence-corrected chi connectivity index (χ2v) is 9.92. The van der Waals surface area contributed by atoms with Gasteiger partial charge in [0.1, 0.15) is 17.4 Å². The Bertz CT molecular complexity index is 1430. The van der Waals surface area contributed by atoms with Gasteiger partial charge in [0, 0.05) is 12.1 Å². The van der Waals surface area contributed by atoms with E-state index in [1.54, 1.807) is 26.0 Å². The van der Waals surface area contributed by atoms with E-state index < -0.39 is 28.5 Å². The highest BCUT2D eigenvalue weighted by atomic mass is 32.2. The minimum Gasteiger partial charge on any atom is -0.452 e. The molecule has 9 nitrogen and oxygen atoms in total. The zero-order valence-corrected chi connectivity index (χ0v) is 20.0. The van der Waals surface area contributed by atoms with E-state index in [4.69, 9.17) is 9.15 Å². The van der Waals surface area contributed by atoms with Gasteiger partial charge < -0.3 is 9.15 Å². The number of rotatable bonds is 6. The minimum absolute atomic E-state index is 0.00241. The summed E-state index contributed by atoms with van der Waals surface area (Å²) >= 11 is 0. The molecular formula is C25H23N3O6S. The first-order valence-corrected chi connectivity index (χ1v) is 12.3. The maximum Gasteiger partial charge on any atom is 0.338 e. The number of fused-ring (bicyclic) bond motifs is 1. The van der Waals surface area contributed by atoms with Crippen LogP contribution < -0.4 is 9.62 Å². The van der Waals surface area contributed by atoms with Crippen LogP contribution in [-0.2, 0) is 26.0 Å². The lowest BCUT2D eigenvalue weighted by molar-refractivity contribution is -0.119. The van der Waals surface area contributed by atoms with E-state index in [1.165, 1.54) is 28.6 Å². The number of esters is 1. The first-order valence-electron chi connectivity index (χ1n) is 10.9. The van der Waals surface area contributed by atoms with Crippen LogP contribution in [0.3, 0.4) is 0 Å². The van der Waals surface area contributed by atoms with Crippen LogP contribution in [0.1, 0.15) is 39.2 Å². The molecule has 0 unspecified atom stereocenters. The molecule has 1 N–H and O–H groups in total. The van der Waals surface area contributed by atoms with Crippen LogP contribution in [0, 0.1) is 25.2 Å². The van der Waals surface area contributed by atoms with E-state index >= 15 is 0 Å². The quantitative estimate of drug-likeness (QED) is 0.518. The number of benzene rings is 2. The summed E-state index contributed by atoms with van der Waals surface area (Å²) in [5.74, 6) is -0.972. The topological polar surface area (TPSA) is 130 Å². The molecule has 1 aliphatic heterocycles. The molecule has 0 saturated heterocycles. The first-order chi connectivity index (χ1) is 16.7.